The first-order valence-electron chi connectivity index (χ1n) is 7.61. The predicted octanol–water partition coefficient (Wildman–Crippen LogP) is 0.308. The molecule has 0 spiro atoms. The van der Waals surface area contributed by atoms with Gasteiger partial charge in [-0.2, -0.15) is 0 Å². The molecule has 19 heavy (non-hydrogen) atoms. The topological polar surface area (TPSA) is 44.8 Å². The van der Waals surface area contributed by atoms with Gasteiger partial charge in [-0.25, -0.2) is 0 Å². The molecule has 2 aliphatic heterocycles. The lowest BCUT2D eigenvalue weighted by Gasteiger charge is -2.49. The number of nitrogens with one attached hydrogen (secondary N) is 1. The van der Waals surface area contributed by atoms with Crippen LogP contribution < -0.4 is 5.32 Å². The predicted molar refractivity (Wildman–Crippen MR) is 75.1 cm³/mol. The number of piperazine rings is 1. The Kier molecular flexibility index (Phi) is 5.60. The molecule has 0 aliphatic carbocycles. The van der Waals surface area contributed by atoms with Crippen molar-refractivity contribution in [3.8, 4) is 0 Å². The lowest BCUT2D eigenvalue weighted by Crippen LogP contribution is -2.66. The number of rotatable bonds is 6. The van der Waals surface area contributed by atoms with Crippen LogP contribution in [0, 0.1) is 0 Å². The Morgan fingerprint density at radius 2 is 2.00 bits per heavy atom. The molecule has 2 heterocycles. The normalized spacial score (nSPS) is 23.9. The lowest BCUT2D eigenvalue weighted by molar-refractivity contribution is -0.153. The molecule has 1 unspecified atom stereocenters. The van der Waals surface area contributed by atoms with Crippen molar-refractivity contribution in [2.24, 2.45) is 0 Å². The van der Waals surface area contributed by atoms with Crippen molar-refractivity contribution in [2.45, 2.75) is 38.8 Å². The van der Waals surface area contributed by atoms with E-state index in [2.05, 4.69) is 22.0 Å². The van der Waals surface area contributed by atoms with E-state index in [4.69, 9.17) is 4.74 Å². The molecule has 0 bridgehead atoms. The molecule has 2 saturated heterocycles. The van der Waals surface area contributed by atoms with Crippen molar-refractivity contribution in [3.63, 3.8) is 0 Å². The van der Waals surface area contributed by atoms with E-state index in [1.807, 2.05) is 6.92 Å². The van der Waals surface area contributed by atoms with Crippen LogP contribution in [0.2, 0.25) is 0 Å². The quantitative estimate of drug-likeness (QED) is 0.703. The first kappa shape index (κ1) is 14.8. The van der Waals surface area contributed by atoms with Crippen LogP contribution in [0.25, 0.3) is 0 Å². The Balaban J connectivity index is 1.80. The van der Waals surface area contributed by atoms with E-state index >= 15 is 0 Å². The molecule has 110 valence electrons. The fourth-order valence-corrected chi connectivity index (χ4v) is 2.98. The molecule has 2 fully saturated rings. The molecule has 0 aromatic carbocycles. The third kappa shape index (κ3) is 3.68. The van der Waals surface area contributed by atoms with E-state index in [-0.39, 0.29) is 12.0 Å². The summed E-state index contributed by atoms with van der Waals surface area (Å²) in [6, 6.07) is 0.611. The van der Waals surface area contributed by atoms with Crippen LogP contribution in [-0.4, -0.2) is 73.7 Å². The molecule has 0 radical (unpaired) electrons. The molecule has 2 rings (SSSR count). The zero-order valence-corrected chi connectivity index (χ0v) is 12.2. The first-order chi connectivity index (χ1) is 9.26. The Morgan fingerprint density at radius 3 is 2.58 bits per heavy atom. The van der Waals surface area contributed by atoms with Crippen LogP contribution in [0.4, 0.5) is 0 Å². The smallest absolute Gasteiger partial charge is 0.323 e. The minimum Gasteiger partial charge on any atom is -0.465 e. The molecule has 0 saturated carbocycles. The second kappa shape index (κ2) is 7.22. The van der Waals surface area contributed by atoms with Gasteiger partial charge in [-0.3, -0.25) is 14.6 Å². The highest BCUT2D eigenvalue weighted by Crippen LogP contribution is 2.21. The minimum atomic E-state index is -0.0388. The number of esters is 1. The van der Waals surface area contributed by atoms with Crippen LogP contribution in [0.5, 0.6) is 0 Å². The van der Waals surface area contributed by atoms with Crippen LogP contribution in [0.1, 0.15) is 26.7 Å². The first-order valence-corrected chi connectivity index (χ1v) is 7.61. The molecule has 2 aliphatic rings. The summed E-state index contributed by atoms with van der Waals surface area (Å²) in [6.45, 7) is 11.0. The average Bonchev–Trinajstić information content (AvgIpc) is 2.37. The average molecular weight is 269 g/mol. The van der Waals surface area contributed by atoms with E-state index in [0.29, 0.717) is 12.6 Å². The van der Waals surface area contributed by atoms with Crippen molar-refractivity contribution in [2.75, 3.05) is 45.9 Å². The summed E-state index contributed by atoms with van der Waals surface area (Å²) >= 11 is 0. The van der Waals surface area contributed by atoms with Crippen LogP contribution in [-0.2, 0) is 9.53 Å². The maximum Gasteiger partial charge on any atom is 0.323 e. The van der Waals surface area contributed by atoms with Gasteiger partial charge in [0.1, 0.15) is 6.04 Å². The van der Waals surface area contributed by atoms with Gasteiger partial charge in [0.25, 0.3) is 0 Å². The van der Waals surface area contributed by atoms with Gasteiger partial charge >= 0.3 is 5.97 Å². The molecule has 5 heteroatoms. The highest BCUT2D eigenvalue weighted by atomic mass is 16.5. The number of hydrogen-bond acceptors (Lipinski definition) is 5. The lowest BCUT2D eigenvalue weighted by atomic mass is 10.00. The zero-order chi connectivity index (χ0) is 13.7. The van der Waals surface area contributed by atoms with Crippen molar-refractivity contribution >= 4 is 5.97 Å². The maximum atomic E-state index is 12.0. The summed E-state index contributed by atoms with van der Waals surface area (Å²) in [4.78, 5) is 16.8. The molecule has 1 atom stereocenters. The van der Waals surface area contributed by atoms with Crippen molar-refractivity contribution < 1.29 is 9.53 Å². The maximum absolute atomic E-state index is 12.0. The van der Waals surface area contributed by atoms with Crippen LogP contribution in [0.3, 0.4) is 0 Å². The molecule has 1 N–H and O–H groups in total. The van der Waals surface area contributed by atoms with E-state index in [0.717, 1.165) is 52.1 Å². The third-order valence-electron chi connectivity index (χ3n) is 4.12. The minimum absolute atomic E-state index is 0.0240. The number of carbonyl (C=O) groups excluding carboxylic acids is 1. The summed E-state index contributed by atoms with van der Waals surface area (Å²) in [5.74, 6) is -0.0388. The zero-order valence-electron chi connectivity index (χ0n) is 12.2. The summed E-state index contributed by atoms with van der Waals surface area (Å²) < 4.78 is 5.19. The van der Waals surface area contributed by atoms with Gasteiger partial charge in [-0.1, -0.05) is 13.3 Å². The van der Waals surface area contributed by atoms with Crippen molar-refractivity contribution in [3.05, 3.63) is 0 Å². The van der Waals surface area contributed by atoms with Gasteiger partial charge in [-0.15, -0.1) is 0 Å². The Labute approximate surface area is 116 Å². The van der Waals surface area contributed by atoms with Crippen molar-refractivity contribution in [1.82, 2.24) is 15.1 Å². The number of hydrogen-bond donors (Lipinski definition) is 1. The largest absolute Gasteiger partial charge is 0.465 e. The molecular formula is C14H27N3O2. The van der Waals surface area contributed by atoms with Gasteiger partial charge in [0.2, 0.25) is 0 Å². The fourth-order valence-electron chi connectivity index (χ4n) is 2.98. The number of nitrogens with zero attached hydrogens (tertiary/aromatic N) is 2. The molecular weight excluding hydrogens is 242 g/mol. The highest BCUT2D eigenvalue weighted by Gasteiger charge is 2.39. The molecule has 0 amide bonds. The monoisotopic (exact) mass is 269 g/mol. The summed E-state index contributed by atoms with van der Waals surface area (Å²) in [5, 5.41) is 3.38. The van der Waals surface area contributed by atoms with Crippen molar-refractivity contribution in [1.29, 1.82) is 0 Å². The van der Waals surface area contributed by atoms with Gasteiger partial charge in [0, 0.05) is 45.3 Å². The number of carbonyl (C=O) groups is 1. The van der Waals surface area contributed by atoms with Gasteiger partial charge < -0.3 is 10.1 Å². The standard InChI is InChI=1S/C14H27N3O2/c1-3-5-13(14(18)19-4-2)17-10-12(11-17)16-8-6-15-7-9-16/h12-13,15H,3-11H2,1-2H3. The second-order valence-electron chi connectivity index (χ2n) is 5.45. The SMILES string of the molecule is CCCC(C(=O)OCC)N1CC(N2CCNCC2)C1. The van der Waals surface area contributed by atoms with Crippen LogP contribution in [0.15, 0.2) is 0 Å². The summed E-state index contributed by atoms with van der Waals surface area (Å²) in [6.07, 6.45) is 1.94. The van der Waals surface area contributed by atoms with E-state index in [1.165, 1.54) is 0 Å². The van der Waals surface area contributed by atoms with E-state index in [1.54, 1.807) is 0 Å². The Morgan fingerprint density at radius 1 is 1.32 bits per heavy atom. The molecule has 5 nitrogen and oxygen atoms in total. The molecule has 0 aromatic heterocycles. The Hall–Kier alpha value is -0.650. The summed E-state index contributed by atoms with van der Waals surface area (Å²) in [5.41, 5.74) is 0. The Bertz CT molecular complexity index is 286. The fraction of sp³-hybridized carbons (Fsp3) is 0.929. The summed E-state index contributed by atoms with van der Waals surface area (Å²) in [7, 11) is 0. The van der Waals surface area contributed by atoms with Gasteiger partial charge in [-0.05, 0) is 13.3 Å². The van der Waals surface area contributed by atoms with E-state index in [9.17, 15) is 4.79 Å². The molecule has 0 aromatic rings. The second-order valence-corrected chi connectivity index (χ2v) is 5.45. The van der Waals surface area contributed by atoms with Crippen LogP contribution >= 0.6 is 0 Å². The van der Waals surface area contributed by atoms with Gasteiger partial charge in [0.15, 0.2) is 0 Å². The van der Waals surface area contributed by atoms with Gasteiger partial charge in [0.05, 0.1) is 6.61 Å². The highest BCUT2D eigenvalue weighted by molar-refractivity contribution is 5.75. The van der Waals surface area contributed by atoms with E-state index < -0.39 is 0 Å². The number of ether oxygens (including phenoxy) is 1. The number of likely N-dealkylation sites (tertiary alicyclic amines) is 1. The third-order valence-corrected chi connectivity index (χ3v) is 4.12.